The monoisotopic (exact) mass is 290 g/mol. The molecule has 0 unspecified atom stereocenters. The molecule has 3 rings (SSSR count). The Morgan fingerprint density at radius 2 is 2.43 bits per heavy atom. The highest BCUT2D eigenvalue weighted by molar-refractivity contribution is 5.92. The number of carbonyl (C=O) groups is 1. The van der Waals surface area contributed by atoms with Gasteiger partial charge in [0.05, 0.1) is 12.7 Å². The Balaban J connectivity index is 1.78. The van der Waals surface area contributed by atoms with Crippen LogP contribution in [0.15, 0.2) is 16.7 Å². The molecule has 0 bridgehead atoms. The molecule has 21 heavy (non-hydrogen) atoms. The molecule has 7 nitrogen and oxygen atoms in total. The summed E-state index contributed by atoms with van der Waals surface area (Å²) in [5.41, 5.74) is 0.298. The number of β-amino-alcohol motifs (C(OH)–C–C–N with tert-alkyl or cyclic N) is 1. The van der Waals surface area contributed by atoms with Crippen molar-refractivity contribution in [2.75, 3.05) is 13.1 Å². The van der Waals surface area contributed by atoms with Crippen LogP contribution in [-0.2, 0) is 12.0 Å². The van der Waals surface area contributed by atoms with E-state index in [-0.39, 0.29) is 12.5 Å². The molecule has 2 aromatic heterocycles. The van der Waals surface area contributed by atoms with Crippen LogP contribution >= 0.6 is 0 Å². The fourth-order valence-corrected chi connectivity index (χ4v) is 2.73. The van der Waals surface area contributed by atoms with Crippen LogP contribution in [0.25, 0.3) is 0 Å². The van der Waals surface area contributed by atoms with E-state index in [1.165, 1.54) is 6.20 Å². The lowest BCUT2D eigenvalue weighted by Gasteiger charge is -2.20. The van der Waals surface area contributed by atoms with Gasteiger partial charge >= 0.3 is 0 Å². The van der Waals surface area contributed by atoms with Crippen LogP contribution in [0.1, 0.15) is 40.9 Å². The lowest BCUT2D eigenvalue weighted by molar-refractivity contribution is 0.0373. The number of aromatic nitrogens is 3. The third-order valence-corrected chi connectivity index (χ3v) is 3.98. The first-order chi connectivity index (χ1) is 10.0. The average Bonchev–Trinajstić information content (AvgIpc) is 3.17. The molecule has 0 spiro atoms. The van der Waals surface area contributed by atoms with Crippen LogP contribution in [0.4, 0.5) is 0 Å². The summed E-state index contributed by atoms with van der Waals surface area (Å²) in [6.07, 6.45) is 2.67. The van der Waals surface area contributed by atoms with Crippen molar-refractivity contribution >= 4 is 5.91 Å². The van der Waals surface area contributed by atoms with E-state index in [1.807, 2.05) is 13.8 Å². The predicted molar refractivity (Wildman–Crippen MR) is 73.6 cm³/mol. The molecule has 1 aliphatic heterocycles. The van der Waals surface area contributed by atoms with Gasteiger partial charge in [-0.3, -0.25) is 4.79 Å². The number of aliphatic hydroxyl groups is 1. The molecule has 1 atom stereocenters. The molecule has 3 heterocycles. The summed E-state index contributed by atoms with van der Waals surface area (Å²) in [6, 6.07) is 1.76. The smallest absolute Gasteiger partial charge is 0.289 e. The van der Waals surface area contributed by atoms with Crippen molar-refractivity contribution in [3.63, 3.8) is 0 Å². The summed E-state index contributed by atoms with van der Waals surface area (Å²) in [7, 11) is 0. The van der Waals surface area contributed by atoms with Gasteiger partial charge in [-0.1, -0.05) is 6.92 Å². The highest BCUT2D eigenvalue weighted by Gasteiger charge is 2.42. The number of rotatable bonds is 3. The van der Waals surface area contributed by atoms with E-state index in [1.54, 1.807) is 11.0 Å². The van der Waals surface area contributed by atoms with Gasteiger partial charge in [-0.05, 0) is 18.6 Å². The van der Waals surface area contributed by atoms with Crippen molar-refractivity contribution in [3.05, 3.63) is 35.0 Å². The Morgan fingerprint density at radius 3 is 3.05 bits per heavy atom. The maximum absolute atomic E-state index is 12.5. The van der Waals surface area contributed by atoms with E-state index in [0.29, 0.717) is 24.4 Å². The van der Waals surface area contributed by atoms with Crippen molar-refractivity contribution < 1.29 is 14.3 Å². The van der Waals surface area contributed by atoms with Gasteiger partial charge in [0.25, 0.3) is 5.91 Å². The minimum Gasteiger partial charge on any atom is -0.456 e. The van der Waals surface area contributed by atoms with Gasteiger partial charge in [0.1, 0.15) is 17.1 Å². The summed E-state index contributed by atoms with van der Waals surface area (Å²) in [4.78, 5) is 14.1. The van der Waals surface area contributed by atoms with E-state index >= 15 is 0 Å². The molecule has 2 aromatic rings. The summed E-state index contributed by atoms with van der Waals surface area (Å²) >= 11 is 0. The number of H-pyrrole nitrogens is 1. The molecule has 1 aliphatic rings. The number of furan rings is 1. The van der Waals surface area contributed by atoms with Gasteiger partial charge < -0.3 is 14.4 Å². The van der Waals surface area contributed by atoms with Crippen LogP contribution in [0.2, 0.25) is 0 Å². The van der Waals surface area contributed by atoms with Gasteiger partial charge in [-0.15, -0.1) is 0 Å². The van der Waals surface area contributed by atoms with Crippen molar-refractivity contribution in [2.24, 2.45) is 0 Å². The van der Waals surface area contributed by atoms with Crippen molar-refractivity contribution in [3.8, 4) is 0 Å². The number of carbonyl (C=O) groups excluding carboxylic acids is 1. The molecular weight excluding hydrogens is 272 g/mol. The first-order valence-electron chi connectivity index (χ1n) is 7.00. The lowest BCUT2D eigenvalue weighted by atomic mass is 10.0. The molecule has 112 valence electrons. The van der Waals surface area contributed by atoms with Gasteiger partial charge in [0.15, 0.2) is 5.76 Å². The highest BCUT2D eigenvalue weighted by atomic mass is 16.4. The lowest BCUT2D eigenvalue weighted by Crippen LogP contribution is -2.34. The first-order valence-corrected chi connectivity index (χ1v) is 7.00. The molecule has 1 saturated heterocycles. The number of aryl methyl sites for hydroxylation is 2. The minimum atomic E-state index is -1.14. The molecule has 1 amide bonds. The number of amides is 1. The van der Waals surface area contributed by atoms with E-state index in [4.69, 9.17) is 4.42 Å². The maximum Gasteiger partial charge on any atom is 0.289 e. The summed E-state index contributed by atoms with van der Waals surface area (Å²) < 4.78 is 5.59. The molecule has 0 radical (unpaired) electrons. The van der Waals surface area contributed by atoms with E-state index in [9.17, 15) is 9.90 Å². The third kappa shape index (κ3) is 2.33. The average molecular weight is 290 g/mol. The third-order valence-electron chi connectivity index (χ3n) is 3.98. The van der Waals surface area contributed by atoms with Crippen LogP contribution in [0.5, 0.6) is 0 Å². The van der Waals surface area contributed by atoms with E-state index in [0.717, 1.165) is 17.7 Å². The summed E-state index contributed by atoms with van der Waals surface area (Å²) in [5, 5.41) is 20.7. The fourth-order valence-electron chi connectivity index (χ4n) is 2.73. The standard InChI is InChI=1S/C14H18N4O3/c1-3-10-9(2)6-11(21-10)13(19)18-5-4-14(20,8-18)12-7-15-17-16-12/h6-7,20H,3-5,8H2,1-2H3,(H,15,16,17)/t14-/m0/s1. The Morgan fingerprint density at radius 1 is 1.62 bits per heavy atom. The zero-order chi connectivity index (χ0) is 15.0. The van der Waals surface area contributed by atoms with Gasteiger partial charge in [-0.2, -0.15) is 15.4 Å². The number of nitrogens with one attached hydrogen (secondary N) is 1. The summed E-state index contributed by atoms with van der Waals surface area (Å²) in [5.74, 6) is 0.954. The number of likely N-dealkylation sites (tertiary alicyclic amines) is 1. The number of hydrogen-bond donors (Lipinski definition) is 2. The van der Waals surface area contributed by atoms with Crippen molar-refractivity contribution in [1.29, 1.82) is 0 Å². The molecule has 0 aliphatic carbocycles. The van der Waals surface area contributed by atoms with Gasteiger partial charge in [0.2, 0.25) is 0 Å². The molecule has 1 fully saturated rings. The second-order valence-corrected chi connectivity index (χ2v) is 5.43. The van der Waals surface area contributed by atoms with Gasteiger partial charge in [-0.25, -0.2) is 0 Å². The normalized spacial score (nSPS) is 22.0. The quantitative estimate of drug-likeness (QED) is 0.879. The second kappa shape index (κ2) is 5.00. The zero-order valence-electron chi connectivity index (χ0n) is 12.1. The molecule has 0 saturated carbocycles. The minimum absolute atomic E-state index is 0.194. The molecular formula is C14H18N4O3. The number of hydrogen-bond acceptors (Lipinski definition) is 5. The SMILES string of the molecule is CCc1oc(C(=O)N2CC[C@@](O)(c3cn[nH]n3)C2)cc1C. The molecule has 7 heteroatoms. The van der Waals surface area contributed by atoms with Gasteiger partial charge in [0, 0.05) is 19.4 Å². The van der Waals surface area contributed by atoms with Crippen LogP contribution in [0.3, 0.4) is 0 Å². The number of aromatic amines is 1. The zero-order valence-corrected chi connectivity index (χ0v) is 12.1. The van der Waals surface area contributed by atoms with Crippen molar-refractivity contribution in [1.82, 2.24) is 20.3 Å². The van der Waals surface area contributed by atoms with Crippen molar-refractivity contribution in [2.45, 2.75) is 32.3 Å². The maximum atomic E-state index is 12.5. The van der Waals surface area contributed by atoms with Crippen LogP contribution in [0, 0.1) is 6.92 Å². The molecule has 2 N–H and O–H groups in total. The molecule has 0 aromatic carbocycles. The Hall–Kier alpha value is -2.15. The van der Waals surface area contributed by atoms with E-state index in [2.05, 4.69) is 15.4 Å². The Bertz CT molecular complexity index is 649. The Kier molecular flexibility index (Phi) is 3.29. The Labute approximate surface area is 121 Å². The highest BCUT2D eigenvalue weighted by Crippen LogP contribution is 2.31. The fraction of sp³-hybridized carbons (Fsp3) is 0.500. The second-order valence-electron chi connectivity index (χ2n) is 5.43. The number of nitrogens with zero attached hydrogens (tertiary/aromatic N) is 3. The van der Waals surface area contributed by atoms with E-state index < -0.39 is 5.60 Å². The van der Waals surface area contributed by atoms with Crippen LogP contribution in [-0.4, -0.2) is 44.4 Å². The largest absolute Gasteiger partial charge is 0.456 e. The summed E-state index contributed by atoms with van der Waals surface area (Å²) in [6.45, 7) is 4.57. The topological polar surface area (TPSA) is 95.3 Å². The first kappa shape index (κ1) is 13.8. The van der Waals surface area contributed by atoms with Crippen LogP contribution < -0.4 is 0 Å². The predicted octanol–water partition coefficient (Wildman–Crippen LogP) is 1.00.